The SMILES string of the molecule is Cc1ccoc1C(F)F. The normalized spacial score (nSPS) is 10.7. The van der Waals surface area contributed by atoms with Gasteiger partial charge in [-0.1, -0.05) is 0 Å². The Bertz CT molecular complexity index is 193. The molecule has 0 aliphatic carbocycles. The molecule has 9 heavy (non-hydrogen) atoms. The van der Waals surface area contributed by atoms with Gasteiger partial charge in [0.15, 0.2) is 5.76 Å². The number of furan rings is 1. The molecule has 0 aliphatic rings. The molecular weight excluding hydrogens is 126 g/mol. The van der Waals surface area contributed by atoms with Crippen LogP contribution in [0, 0.1) is 6.92 Å². The van der Waals surface area contributed by atoms with E-state index < -0.39 is 6.43 Å². The van der Waals surface area contributed by atoms with Gasteiger partial charge in [-0.2, -0.15) is 0 Å². The summed E-state index contributed by atoms with van der Waals surface area (Å²) < 4.78 is 28.0. The molecule has 0 saturated heterocycles. The summed E-state index contributed by atoms with van der Waals surface area (Å²) in [7, 11) is 0. The van der Waals surface area contributed by atoms with Crippen LogP contribution in [0.3, 0.4) is 0 Å². The van der Waals surface area contributed by atoms with E-state index in [1.807, 2.05) is 0 Å². The zero-order chi connectivity index (χ0) is 6.85. The Balaban J connectivity index is 2.94. The smallest absolute Gasteiger partial charge is 0.295 e. The van der Waals surface area contributed by atoms with Crippen LogP contribution in [-0.4, -0.2) is 0 Å². The average molecular weight is 132 g/mol. The number of halogens is 2. The minimum atomic E-state index is -2.49. The fourth-order valence-electron chi connectivity index (χ4n) is 0.608. The fraction of sp³-hybridized carbons (Fsp3) is 0.333. The Labute approximate surface area is 51.3 Å². The maximum Gasteiger partial charge on any atom is 0.295 e. The standard InChI is InChI=1S/C6H6F2O/c1-4-2-3-9-5(4)6(7)8/h2-3,6H,1H3. The summed E-state index contributed by atoms with van der Waals surface area (Å²) in [5.41, 5.74) is 0.505. The van der Waals surface area contributed by atoms with Crippen molar-refractivity contribution >= 4 is 0 Å². The summed E-state index contributed by atoms with van der Waals surface area (Å²) >= 11 is 0. The summed E-state index contributed by atoms with van der Waals surface area (Å²) in [5, 5.41) is 0. The molecule has 0 fully saturated rings. The van der Waals surface area contributed by atoms with E-state index in [0.717, 1.165) is 0 Å². The van der Waals surface area contributed by atoms with Crippen molar-refractivity contribution in [3.05, 3.63) is 23.7 Å². The van der Waals surface area contributed by atoms with Gasteiger partial charge in [-0.05, 0) is 18.6 Å². The van der Waals surface area contributed by atoms with Crippen molar-refractivity contribution in [1.82, 2.24) is 0 Å². The predicted molar refractivity (Wildman–Crippen MR) is 28.4 cm³/mol. The van der Waals surface area contributed by atoms with Crippen LogP contribution in [0.4, 0.5) is 8.78 Å². The molecule has 0 unspecified atom stereocenters. The highest BCUT2D eigenvalue weighted by Crippen LogP contribution is 2.22. The van der Waals surface area contributed by atoms with Crippen molar-refractivity contribution in [3.8, 4) is 0 Å². The second-order valence-corrected chi connectivity index (χ2v) is 1.77. The third-order valence-corrected chi connectivity index (χ3v) is 1.10. The molecule has 0 N–H and O–H groups in total. The third kappa shape index (κ3) is 1.09. The Hall–Kier alpha value is -0.860. The van der Waals surface area contributed by atoms with Crippen LogP contribution in [0.25, 0.3) is 0 Å². The molecule has 3 heteroatoms. The summed E-state index contributed by atoms with van der Waals surface area (Å²) in [6.45, 7) is 1.59. The summed E-state index contributed by atoms with van der Waals surface area (Å²) in [4.78, 5) is 0. The van der Waals surface area contributed by atoms with Crippen LogP contribution in [0.5, 0.6) is 0 Å². The molecule has 0 aliphatic heterocycles. The lowest BCUT2D eigenvalue weighted by atomic mass is 10.3. The van der Waals surface area contributed by atoms with Crippen molar-refractivity contribution in [2.24, 2.45) is 0 Å². The Morgan fingerprint density at radius 3 is 2.44 bits per heavy atom. The van der Waals surface area contributed by atoms with E-state index in [-0.39, 0.29) is 5.76 Å². The molecule has 0 bridgehead atoms. The number of hydrogen-bond acceptors (Lipinski definition) is 1. The first-order chi connectivity index (χ1) is 4.22. The first-order valence-corrected chi connectivity index (χ1v) is 2.54. The number of rotatable bonds is 1. The molecule has 1 aromatic heterocycles. The van der Waals surface area contributed by atoms with Crippen LogP contribution in [0.2, 0.25) is 0 Å². The lowest BCUT2D eigenvalue weighted by Crippen LogP contribution is -1.80. The van der Waals surface area contributed by atoms with Gasteiger partial charge in [-0.25, -0.2) is 8.78 Å². The zero-order valence-electron chi connectivity index (χ0n) is 4.90. The monoisotopic (exact) mass is 132 g/mol. The van der Waals surface area contributed by atoms with Crippen LogP contribution >= 0.6 is 0 Å². The van der Waals surface area contributed by atoms with E-state index in [0.29, 0.717) is 5.56 Å². The average Bonchev–Trinajstić information content (AvgIpc) is 2.13. The van der Waals surface area contributed by atoms with Gasteiger partial charge in [-0.15, -0.1) is 0 Å². The molecular formula is C6H6F2O. The highest BCUT2D eigenvalue weighted by Gasteiger charge is 2.12. The van der Waals surface area contributed by atoms with Crippen molar-refractivity contribution in [2.45, 2.75) is 13.3 Å². The van der Waals surface area contributed by atoms with E-state index in [1.54, 1.807) is 6.92 Å². The number of hydrogen-bond donors (Lipinski definition) is 0. The summed E-state index contributed by atoms with van der Waals surface area (Å²) in [5.74, 6) is -0.227. The lowest BCUT2D eigenvalue weighted by molar-refractivity contribution is 0.121. The Kier molecular flexibility index (Phi) is 1.51. The third-order valence-electron chi connectivity index (χ3n) is 1.10. The molecule has 50 valence electrons. The molecule has 0 saturated carbocycles. The summed E-state index contributed by atoms with van der Waals surface area (Å²) in [6.07, 6.45) is -1.23. The van der Waals surface area contributed by atoms with Gasteiger partial charge in [0.2, 0.25) is 0 Å². The van der Waals surface area contributed by atoms with Gasteiger partial charge < -0.3 is 4.42 Å². The van der Waals surface area contributed by atoms with Gasteiger partial charge >= 0.3 is 0 Å². The van der Waals surface area contributed by atoms with Gasteiger partial charge in [0.25, 0.3) is 6.43 Å². The molecule has 0 spiro atoms. The maximum atomic E-state index is 11.8. The Morgan fingerprint density at radius 2 is 2.22 bits per heavy atom. The fourth-order valence-corrected chi connectivity index (χ4v) is 0.608. The van der Waals surface area contributed by atoms with Gasteiger partial charge in [-0.3, -0.25) is 0 Å². The van der Waals surface area contributed by atoms with Crippen LogP contribution in [-0.2, 0) is 0 Å². The molecule has 1 rings (SSSR count). The number of alkyl halides is 2. The van der Waals surface area contributed by atoms with Gasteiger partial charge in [0, 0.05) is 0 Å². The van der Waals surface area contributed by atoms with Crippen molar-refractivity contribution in [3.63, 3.8) is 0 Å². The molecule has 1 heterocycles. The first-order valence-electron chi connectivity index (χ1n) is 2.54. The van der Waals surface area contributed by atoms with Crippen molar-refractivity contribution in [1.29, 1.82) is 0 Å². The molecule has 1 aromatic rings. The van der Waals surface area contributed by atoms with E-state index in [9.17, 15) is 8.78 Å². The second-order valence-electron chi connectivity index (χ2n) is 1.77. The first kappa shape index (κ1) is 6.26. The van der Waals surface area contributed by atoms with Crippen molar-refractivity contribution < 1.29 is 13.2 Å². The highest BCUT2D eigenvalue weighted by atomic mass is 19.3. The largest absolute Gasteiger partial charge is 0.463 e. The van der Waals surface area contributed by atoms with Crippen LogP contribution < -0.4 is 0 Å². The minimum absolute atomic E-state index is 0.227. The van der Waals surface area contributed by atoms with E-state index in [2.05, 4.69) is 4.42 Å². The predicted octanol–water partition coefficient (Wildman–Crippen LogP) is 2.53. The van der Waals surface area contributed by atoms with Crippen molar-refractivity contribution in [2.75, 3.05) is 0 Å². The lowest BCUT2D eigenvalue weighted by Gasteiger charge is -1.92. The quantitative estimate of drug-likeness (QED) is 0.572. The highest BCUT2D eigenvalue weighted by molar-refractivity contribution is 5.15. The van der Waals surface area contributed by atoms with E-state index >= 15 is 0 Å². The molecule has 0 amide bonds. The van der Waals surface area contributed by atoms with Gasteiger partial charge in [0.1, 0.15) is 0 Å². The minimum Gasteiger partial charge on any atom is -0.463 e. The molecule has 0 aromatic carbocycles. The van der Waals surface area contributed by atoms with Crippen LogP contribution in [0.15, 0.2) is 16.7 Å². The molecule has 0 radical (unpaired) electrons. The van der Waals surface area contributed by atoms with Crippen LogP contribution in [0.1, 0.15) is 17.7 Å². The number of aryl methyl sites for hydroxylation is 1. The van der Waals surface area contributed by atoms with Gasteiger partial charge in [0.05, 0.1) is 6.26 Å². The second kappa shape index (κ2) is 2.17. The Morgan fingerprint density at radius 1 is 1.56 bits per heavy atom. The summed E-state index contributed by atoms with van der Waals surface area (Å²) in [6, 6.07) is 1.52. The molecule has 0 atom stereocenters. The zero-order valence-corrected chi connectivity index (χ0v) is 4.90. The maximum absolute atomic E-state index is 11.8. The van der Waals surface area contributed by atoms with E-state index in [1.165, 1.54) is 12.3 Å². The molecule has 1 nitrogen and oxygen atoms in total. The topological polar surface area (TPSA) is 13.1 Å². The van der Waals surface area contributed by atoms with E-state index in [4.69, 9.17) is 0 Å².